The molecule has 1 unspecified atom stereocenters. The molecule has 0 spiro atoms. The van der Waals surface area contributed by atoms with E-state index < -0.39 is 16.2 Å². The van der Waals surface area contributed by atoms with Gasteiger partial charge in [-0.2, -0.15) is 8.42 Å². The van der Waals surface area contributed by atoms with Crippen LogP contribution in [0.4, 0.5) is 0 Å². The number of benzene rings is 2. The van der Waals surface area contributed by atoms with Crippen LogP contribution in [0.25, 0.3) is 10.9 Å². The van der Waals surface area contributed by atoms with Crippen LogP contribution in [0, 0.1) is 12.8 Å². The van der Waals surface area contributed by atoms with Crippen molar-refractivity contribution < 1.29 is 17.4 Å². The van der Waals surface area contributed by atoms with Crippen LogP contribution in [-0.4, -0.2) is 32.3 Å². The Labute approximate surface area is 171 Å². The lowest BCUT2D eigenvalue weighted by atomic mass is 10.1. The van der Waals surface area contributed by atoms with Gasteiger partial charge in [0.1, 0.15) is 6.61 Å². The molecule has 0 radical (unpaired) electrons. The minimum Gasteiger partial charge on any atom is -0.390 e. The summed E-state index contributed by atoms with van der Waals surface area (Å²) in [5.74, 6) is 0.00557. The molecule has 0 aliphatic heterocycles. The third kappa shape index (κ3) is 5.40. The number of aryl methyl sites for hydroxylation is 1. The highest BCUT2D eigenvalue weighted by molar-refractivity contribution is 7.86. The molecule has 0 N–H and O–H groups in total. The molecule has 152 valence electrons. The van der Waals surface area contributed by atoms with Crippen molar-refractivity contribution in [2.24, 2.45) is 11.1 Å². The van der Waals surface area contributed by atoms with Gasteiger partial charge in [-0.15, -0.1) is 0 Å². The van der Waals surface area contributed by atoms with Crippen LogP contribution in [0.15, 0.2) is 70.8 Å². The van der Waals surface area contributed by atoms with E-state index in [-0.39, 0.29) is 17.4 Å². The van der Waals surface area contributed by atoms with E-state index in [4.69, 9.17) is 9.02 Å². The summed E-state index contributed by atoms with van der Waals surface area (Å²) in [7, 11) is -3.85. The smallest absolute Gasteiger partial charge is 0.297 e. The van der Waals surface area contributed by atoms with Crippen molar-refractivity contribution in [2.75, 3.05) is 6.61 Å². The molecule has 6 nitrogen and oxygen atoms in total. The van der Waals surface area contributed by atoms with E-state index in [1.54, 1.807) is 24.5 Å². The zero-order chi connectivity index (χ0) is 20.9. The Hall–Kier alpha value is -2.77. The number of oxime groups is 1. The Morgan fingerprint density at radius 1 is 1.07 bits per heavy atom. The SMILES string of the molecule is Cc1ccc(S(=O)(=O)OCC(O/N=C/c2cccc3cccnc23)C(C)C)cc1. The molecule has 0 saturated carbocycles. The monoisotopic (exact) mass is 412 g/mol. The molecule has 3 rings (SSSR count). The summed E-state index contributed by atoms with van der Waals surface area (Å²) in [5, 5.41) is 5.06. The maximum Gasteiger partial charge on any atom is 0.297 e. The van der Waals surface area contributed by atoms with E-state index in [0.717, 1.165) is 22.0 Å². The fourth-order valence-corrected chi connectivity index (χ4v) is 3.59. The first-order valence-electron chi connectivity index (χ1n) is 9.36. The average molecular weight is 413 g/mol. The highest BCUT2D eigenvalue weighted by Crippen LogP contribution is 2.17. The molecule has 0 fully saturated rings. The molecule has 0 bridgehead atoms. The van der Waals surface area contributed by atoms with Gasteiger partial charge in [-0.3, -0.25) is 9.17 Å². The van der Waals surface area contributed by atoms with Gasteiger partial charge in [0.2, 0.25) is 0 Å². The van der Waals surface area contributed by atoms with Crippen molar-refractivity contribution in [3.05, 3.63) is 71.9 Å². The zero-order valence-electron chi connectivity index (χ0n) is 16.6. The molecule has 1 aromatic heterocycles. The second kappa shape index (κ2) is 9.15. The maximum atomic E-state index is 12.4. The van der Waals surface area contributed by atoms with Crippen LogP contribution >= 0.6 is 0 Å². The first kappa shape index (κ1) is 21.0. The average Bonchev–Trinajstić information content (AvgIpc) is 2.70. The van der Waals surface area contributed by atoms with Crippen molar-refractivity contribution in [3.8, 4) is 0 Å². The van der Waals surface area contributed by atoms with Crippen molar-refractivity contribution in [1.82, 2.24) is 4.98 Å². The van der Waals surface area contributed by atoms with Gasteiger partial charge >= 0.3 is 0 Å². The summed E-state index contributed by atoms with van der Waals surface area (Å²) in [5.41, 5.74) is 2.62. The van der Waals surface area contributed by atoms with Crippen LogP contribution in [0.3, 0.4) is 0 Å². The van der Waals surface area contributed by atoms with E-state index in [9.17, 15) is 8.42 Å². The Morgan fingerprint density at radius 3 is 2.52 bits per heavy atom. The summed E-state index contributed by atoms with van der Waals surface area (Å²) in [6, 6.07) is 16.2. The Morgan fingerprint density at radius 2 is 1.79 bits per heavy atom. The van der Waals surface area contributed by atoms with E-state index in [1.165, 1.54) is 12.1 Å². The zero-order valence-corrected chi connectivity index (χ0v) is 17.5. The van der Waals surface area contributed by atoms with Gasteiger partial charge in [-0.1, -0.05) is 61.0 Å². The summed E-state index contributed by atoms with van der Waals surface area (Å²) in [6.45, 7) is 5.60. The predicted octanol–water partition coefficient (Wildman–Crippen LogP) is 4.32. The Bertz CT molecular complexity index is 1090. The lowest BCUT2D eigenvalue weighted by Crippen LogP contribution is -2.26. The summed E-state index contributed by atoms with van der Waals surface area (Å²) >= 11 is 0. The molecule has 0 amide bonds. The third-order valence-corrected chi connectivity index (χ3v) is 5.79. The highest BCUT2D eigenvalue weighted by atomic mass is 32.2. The summed E-state index contributed by atoms with van der Waals surface area (Å²) < 4.78 is 30.0. The van der Waals surface area contributed by atoms with Crippen LogP contribution in [-0.2, 0) is 19.1 Å². The van der Waals surface area contributed by atoms with Crippen LogP contribution < -0.4 is 0 Å². The van der Waals surface area contributed by atoms with Gasteiger partial charge in [-0.25, -0.2) is 0 Å². The molecule has 1 heterocycles. The lowest BCUT2D eigenvalue weighted by Gasteiger charge is -2.18. The van der Waals surface area contributed by atoms with Crippen molar-refractivity contribution >= 4 is 27.2 Å². The second-order valence-electron chi connectivity index (χ2n) is 7.10. The summed E-state index contributed by atoms with van der Waals surface area (Å²) in [4.78, 5) is 10.1. The van der Waals surface area contributed by atoms with Gasteiger partial charge in [0.15, 0.2) is 6.10 Å². The normalized spacial score (nSPS) is 13.2. The number of rotatable bonds is 8. The molecule has 0 aliphatic rings. The minimum atomic E-state index is -3.85. The summed E-state index contributed by atoms with van der Waals surface area (Å²) in [6.07, 6.45) is 2.79. The minimum absolute atomic E-state index is 0.00557. The fraction of sp³-hybridized carbons (Fsp3) is 0.273. The van der Waals surface area contributed by atoms with Gasteiger partial charge in [0, 0.05) is 17.1 Å². The van der Waals surface area contributed by atoms with E-state index >= 15 is 0 Å². The Kier molecular flexibility index (Phi) is 6.61. The van der Waals surface area contributed by atoms with Gasteiger partial charge in [0.05, 0.1) is 16.6 Å². The quantitative estimate of drug-likeness (QED) is 0.313. The topological polar surface area (TPSA) is 77.9 Å². The van der Waals surface area contributed by atoms with Crippen LogP contribution in [0.1, 0.15) is 25.0 Å². The van der Waals surface area contributed by atoms with Gasteiger partial charge in [0.25, 0.3) is 10.1 Å². The number of fused-ring (bicyclic) bond motifs is 1. The number of nitrogens with zero attached hydrogens (tertiary/aromatic N) is 2. The van der Waals surface area contributed by atoms with E-state index in [2.05, 4.69) is 10.1 Å². The van der Waals surface area contributed by atoms with Crippen molar-refractivity contribution in [1.29, 1.82) is 0 Å². The van der Waals surface area contributed by atoms with Gasteiger partial charge < -0.3 is 4.84 Å². The molecule has 29 heavy (non-hydrogen) atoms. The maximum absolute atomic E-state index is 12.4. The molecule has 3 aromatic rings. The van der Waals surface area contributed by atoms with Crippen molar-refractivity contribution in [2.45, 2.75) is 31.8 Å². The number of para-hydroxylation sites is 1. The highest BCUT2D eigenvalue weighted by Gasteiger charge is 2.22. The van der Waals surface area contributed by atoms with Crippen LogP contribution in [0.2, 0.25) is 0 Å². The Balaban J connectivity index is 1.67. The molecule has 7 heteroatoms. The largest absolute Gasteiger partial charge is 0.390 e. The lowest BCUT2D eigenvalue weighted by molar-refractivity contribution is -0.00217. The number of hydrogen-bond acceptors (Lipinski definition) is 6. The van der Waals surface area contributed by atoms with Crippen LogP contribution in [0.5, 0.6) is 0 Å². The number of pyridine rings is 1. The van der Waals surface area contributed by atoms with Gasteiger partial charge in [-0.05, 0) is 31.0 Å². The predicted molar refractivity (Wildman–Crippen MR) is 113 cm³/mol. The first-order valence-corrected chi connectivity index (χ1v) is 10.8. The molecular weight excluding hydrogens is 388 g/mol. The molecule has 0 aliphatic carbocycles. The van der Waals surface area contributed by atoms with Crippen molar-refractivity contribution in [3.63, 3.8) is 0 Å². The molecule has 1 atom stereocenters. The first-order chi connectivity index (χ1) is 13.9. The standard InChI is InChI=1S/C22H24N2O4S/c1-16(2)21(15-27-29(25,26)20-11-9-17(3)10-12-20)28-24-14-19-7-4-6-18-8-5-13-23-22(18)19/h4-14,16,21H,15H2,1-3H3/b24-14+. The third-order valence-electron chi connectivity index (χ3n) is 4.49. The van der Waals surface area contributed by atoms with E-state index in [1.807, 2.05) is 51.1 Å². The number of hydrogen-bond donors (Lipinski definition) is 0. The van der Waals surface area contributed by atoms with E-state index in [0.29, 0.717) is 0 Å². The molecule has 2 aromatic carbocycles. The number of aromatic nitrogens is 1. The molecular formula is C22H24N2O4S. The molecule has 0 saturated heterocycles. The fourth-order valence-electron chi connectivity index (χ4n) is 2.67. The second-order valence-corrected chi connectivity index (χ2v) is 8.71.